The highest BCUT2D eigenvalue weighted by molar-refractivity contribution is 7.16. The van der Waals surface area contributed by atoms with Crippen molar-refractivity contribution in [2.45, 2.75) is 19.8 Å². The number of hydrogen-bond acceptors (Lipinski definition) is 4. The summed E-state index contributed by atoms with van der Waals surface area (Å²) in [6.45, 7) is 3.76. The van der Waals surface area contributed by atoms with Crippen LogP contribution in [0.5, 0.6) is 0 Å². The fraction of sp³-hybridized carbons (Fsp3) is 0.375. The van der Waals surface area contributed by atoms with E-state index >= 15 is 0 Å². The van der Waals surface area contributed by atoms with Gasteiger partial charge >= 0.3 is 5.97 Å². The van der Waals surface area contributed by atoms with Crippen LogP contribution in [0.3, 0.4) is 0 Å². The number of amides is 1. The average Bonchev–Trinajstić information content (AvgIpc) is 2.49. The van der Waals surface area contributed by atoms with E-state index in [4.69, 9.17) is 5.11 Å². The SMILES string of the molecule is CC(C)c1sc(NC=O)nc1C(=O)O. The molecule has 0 aromatic carbocycles. The van der Waals surface area contributed by atoms with Crippen molar-refractivity contribution in [1.82, 2.24) is 4.98 Å². The minimum absolute atomic E-state index is 0.0225. The summed E-state index contributed by atoms with van der Waals surface area (Å²) in [5.41, 5.74) is 0.0225. The quantitative estimate of drug-likeness (QED) is 0.745. The highest BCUT2D eigenvalue weighted by atomic mass is 32.1. The number of carbonyl (C=O) groups excluding carboxylic acids is 1. The van der Waals surface area contributed by atoms with Crippen molar-refractivity contribution < 1.29 is 14.7 Å². The molecule has 5 nitrogen and oxygen atoms in total. The third kappa shape index (κ3) is 2.08. The van der Waals surface area contributed by atoms with Gasteiger partial charge in [-0.3, -0.25) is 4.79 Å². The van der Waals surface area contributed by atoms with Crippen LogP contribution in [-0.4, -0.2) is 22.5 Å². The molecule has 1 heterocycles. The van der Waals surface area contributed by atoms with Gasteiger partial charge < -0.3 is 10.4 Å². The molecule has 2 N–H and O–H groups in total. The molecule has 0 bridgehead atoms. The fourth-order valence-electron chi connectivity index (χ4n) is 0.989. The van der Waals surface area contributed by atoms with Crippen molar-refractivity contribution in [3.05, 3.63) is 10.6 Å². The molecule has 0 saturated heterocycles. The topological polar surface area (TPSA) is 79.3 Å². The monoisotopic (exact) mass is 214 g/mol. The maximum Gasteiger partial charge on any atom is 0.355 e. The predicted octanol–water partition coefficient (Wildman–Crippen LogP) is 1.53. The molecule has 0 radical (unpaired) electrons. The Bertz CT molecular complexity index is 359. The molecule has 1 amide bonds. The van der Waals surface area contributed by atoms with Crippen molar-refractivity contribution in [3.63, 3.8) is 0 Å². The van der Waals surface area contributed by atoms with E-state index < -0.39 is 5.97 Å². The van der Waals surface area contributed by atoms with Crippen LogP contribution < -0.4 is 5.32 Å². The summed E-state index contributed by atoms with van der Waals surface area (Å²) in [6, 6.07) is 0. The number of aromatic nitrogens is 1. The standard InChI is InChI=1S/C8H10N2O3S/c1-4(2)6-5(7(12)13)10-8(14-6)9-3-11/h3-4H,1-2H3,(H,12,13)(H,9,10,11). The first-order chi connectivity index (χ1) is 6.56. The highest BCUT2D eigenvalue weighted by Crippen LogP contribution is 2.29. The van der Waals surface area contributed by atoms with Crippen molar-refractivity contribution >= 4 is 28.8 Å². The maximum absolute atomic E-state index is 10.8. The zero-order chi connectivity index (χ0) is 10.7. The molecule has 1 rings (SSSR count). The number of carbonyl (C=O) groups is 2. The Kier molecular flexibility index (Phi) is 3.19. The van der Waals surface area contributed by atoms with E-state index in [2.05, 4.69) is 10.3 Å². The molecule has 76 valence electrons. The normalized spacial score (nSPS) is 10.2. The van der Waals surface area contributed by atoms with Gasteiger partial charge in [-0.25, -0.2) is 9.78 Å². The van der Waals surface area contributed by atoms with Gasteiger partial charge in [0.1, 0.15) is 0 Å². The fourth-order valence-corrected chi connectivity index (χ4v) is 1.91. The summed E-state index contributed by atoms with van der Waals surface area (Å²) in [5, 5.41) is 11.5. The van der Waals surface area contributed by atoms with Gasteiger partial charge in [0, 0.05) is 4.88 Å². The summed E-state index contributed by atoms with van der Waals surface area (Å²) in [6.07, 6.45) is 0.481. The Labute approximate surface area is 84.8 Å². The molecule has 0 atom stereocenters. The predicted molar refractivity (Wildman–Crippen MR) is 52.8 cm³/mol. The number of rotatable bonds is 4. The number of carboxylic acid groups (broad SMARTS) is 1. The summed E-state index contributed by atoms with van der Waals surface area (Å²) in [4.78, 5) is 25.4. The van der Waals surface area contributed by atoms with E-state index in [1.807, 2.05) is 13.8 Å². The molecule has 14 heavy (non-hydrogen) atoms. The molecule has 1 aromatic heterocycles. The van der Waals surface area contributed by atoms with Crippen LogP contribution in [0, 0.1) is 0 Å². The number of hydrogen-bond donors (Lipinski definition) is 2. The molecule has 0 unspecified atom stereocenters. The summed E-state index contributed by atoms with van der Waals surface area (Å²) in [5.74, 6) is -0.982. The smallest absolute Gasteiger partial charge is 0.355 e. The molecule has 0 aliphatic rings. The number of aromatic carboxylic acids is 1. The molecular formula is C8H10N2O3S. The lowest BCUT2D eigenvalue weighted by Gasteiger charge is -1.99. The highest BCUT2D eigenvalue weighted by Gasteiger charge is 2.19. The maximum atomic E-state index is 10.8. The number of nitrogens with zero attached hydrogens (tertiary/aromatic N) is 1. The van der Waals surface area contributed by atoms with Gasteiger partial charge in [-0.15, -0.1) is 11.3 Å². The third-order valence-corrected chi connectivity index (χ3v) is 2.85. The van der Waals surface area contributed by atoms with Gasteiger partial charge in [-0.2, -0.15) is 0 Å². The van der Waals surface area contributed by atoms with E-state index in [-0.39, 0.29) is 11.6 Å². The van der Waals surface area contributed by atoms with E-state index in [1.165, 1.54) is 11.3 Å². The lowest BCUT2D eigenvalue weighted by molar-refractivity contribution is -0.105. The first kappa shape index (κ1) is 10.6. The van der Waals surface area contributed by atoms with Crippen LogP contribution in [0.1, 0.15) is 35.1 Å². The van der Waals surface area contributed by atoms with Crippen LogP contribution in [0.25, 0.3) is 0 Å². The average molecular weight is 214 g/mol. The van der Waals surface area contributed by atoms with Crippen LogP contribution in [0.15, 0.2) is 0 Å². The van der Waals surface area contributed by atoms with Crippen LogP contribution in [-0.2, 0) is 4.79 Å². The Morgan fingerprint density at radius 2 is 2.29 bits per heavy atom. The minimum atomic E-state index is -1.07. The van der Waals surface area contributed by atoms with Crippen LogP contribution >= 0.6 is 11.3 Å². The molecule has 0 spiro atoms. The van der Waals surface area contributed by atoms with E-state index in [9.17, 15) is 9.59 Å². The molecule has 0 saturated carbocycles. The molecule has 1 aromatic rings. The minimum Gasteiger partial charge on any atom is -0.476 e. The Morgan fingerprint density at radius 3 is 2.64 bits per heavy atom. The van der Waals surface area contributed by atoms with Crippen molar-refractivity contribution in [2.24, 2.45) is 0 Å². The van der Waals surface area contributed by atoms with Crippen molar-refractivity contribution in [2.75, 3.05) is 5.32 Å². The summed E-state index contributed by atoms with van der Waals surface area (Å²) >= 11 is 1.19. The van der Waals surface area contributed by atoms with E-state index in [0.29, 0.717) is 16.4 Å². The molecule has 0 fully saturated rings. The Hall–Kier alpha value is -1.43. The van der Waals surface area contributed by atoms with E-state index in [0.717, 1.165) is 0 Å². The van der Waals surface area contributed by atoms with Crippen LogP contribution in [0.4, 0.5) is 5.13 Å². The van der Waals surface area contributed by atoms with Gasteiger partial charge in [-0.1, -0.05) is 13.8 Å². The number of nitrogens with one attached hydrogen (secondary N) is 1. The van der Waals surface area contributed by atoms with Gasteiger partial charge in [0.25, 0.3) is 0 Å². The van der Waals surface area contributed by atoms with Crippen molar-refractivity contribution in [3.8, 4) is 0 Å². The zero-order valence-electron chi connectivity index (χ0n) is 7.77. The Balaban J connectivity index is 3.12. The number of carboxylic acids is 1. The van der Waals surface area contributed by atoms with Crippen molar-refractivity contribution in [1.29, 1.82) is 0 Å². The second-order valence-corrected chi connectivity index (χ2v) is 3.98. The third-order valence-electron chi connectivity index (χ3n) is 1.56. The summed E-state index contributed by atoms with van der Waals surface area (Å²) in [7, 11) is 0. The van der Waals surface area contributed by atoms with Gasteiger partial charge in [0.15, 0.2) is 10.8 Å². The zero-order valence-corrected chi connectivity index (χ0v) is 8.59. The first-order valence-electron chi connectivity index (χ1n) is 4.00. The van der Waals surface area contributed by atoms with E-state index in [1.54, 1.807) is 0 Å². The lowest BCUT2D eigenvalue weighted by atomic mass is 10.1. The van der Waals surface area contributed by atoms with Gasteiger partial charge in [0.05, 0.1) is 0 Å². The molecule has 0 aliphatic carbocycles. The molecular weight excluding hydrogens is 204 g/mol. The second kappa shape index (κ2) is 4.19. The molecule has 0 aliphatic heterocycles. The number of thiazole rings is 1. The van der Waals surface area contributed by atoms with Gasteiger partial charge in [0.2, 0.25) is 6.41 Å². The summed E-state index contributed by atoms with van der Waals surface area (Å²) < 4.78 is 0. The number of anilines is 1. The van der Waals surface area contributed by atoms with Gasteiger partial charge in [-0.05, 0) is 5.92 Å². The first-order valence-corrected chi connectivity index (χ1v) is 4.82. The second-order valence-electron chi connectivity index (χ2n) is 2.95. The van der Waals surface area contributed by atoms with Crippen LogP contribution in [0.2, 0.25) is 0 Å². The molecule has 6 heteroatoms. The lowest BCUT2D eigenvalue weighted by Crippen LogP contribution is -2.02. The largest absolute Gasteiger partial charge is 0.476 e. The Morgan fingerprint density at radius 1 is 1.64 bits per heavy atom.